The van der Waals surface area contributed by atoms with Crippen LogP contribution in [0, 0.1) is 12.8 Å². The molecule has 1 fully saturated rings. The maximum atomic E-state index is 3.86. The van der Waals surface area contributed by atoms with E-state index in [0.29, 0.717) is 5.37 Å². The van der Waals surface area contributed by atoms with E-state index in [1.165, 1.54) is 19.3 Å². The van der Waals surface area contributed by atoms with Gasteiger partial charge in [0.1, 0.15) is 0 Å². The van der Waals surface area contributed by atoms with Gasteiger partial charge in [0.25, 0.3) is 0 Å². The van der Waals surface area contributed by atoms with Crippen LogP contribution in [0.4, 0.5) is 0 Å². The van der Waals surface area contributed by atoms with Gasteiger partial charge in [0.05, 0.1) is 5.37 Å². The maximum Gasteiger partial charge on any atom is 0.0544 e. The van der Waals surface area contributed by atoms with Crippen molar-refractivity contribution in [3.63, 3.8) is 0 Å². The molecule has 15 heavy (non-hydrogen) atoms. The van der Waals surface area contributed by atoms with Crippen LogP contribution in [0.1, 0.15) is 25.7 Å². The summed E-state index contributed by atoms with van der Waals surface area (Å²) in [6.07, 6.45) is 13.9. The average molecular weight is 222 g/mol. The van der Waals surface area contributed by atoms with Gasteiger partial charge in [-0.2, -0.15) is 0 Å². The molecule has 1 N–H and O–H groups in total. The Balaban J connectivity index is 1.68. The van der Waals surface area contributed by atoms with Gasteiger partial charge in [-0.3, -0.25) is 0 Å². The predicted molar refractivity (Wildman–Crippen MR) is 68.8 cm³/mol. The summed E-state index contributed by atoms with van der Waals surface area (Å²) in [4.78, 5) is 0. The van der Waals surface area contributed by atoms with Gasteiger partial charge in [-0.25, -0.2) is 0 Å². The van der Waals surface area contributed by atoms with Crippen LogP contribution >= 0.6 is 11.8 Å². The Kier molecular flexibility index (Phi) is 4.33. The molecule has 0 amide bonds. The average Bonchev–Trinajstić information content (AvgIpc) is 2.67. The van der Waals surface area contributed by atoms with Crippen molar-refractivity contribution in [2.24, 2.45) is 5.92 Å². The van der Waals surface area contributed by atoms with Gasteiger partial charge < -0.3 is 5.32 Å². The highest BCUT2D eigenvalue weighted by Crippen LogP contribution is 2.40. The lowest BCUT2D eigenvalue weighted by Crippen LogP contribution is -2.25. The molecule has 0 saturated carbocycles. The summed E-state index contributed by atoms with van der Waals surface area (Å²) in [6, 6.07) is 0. The first-order chi connectivity index (χ1) is 7.40. The van der Waals surface area contributed by atoms with Crippen LogP contribution in [0.3, 0.4) is 0 Å². The van der Waals surface area contributed by atoms with Crippen molar-refractivity contribution in [1.29, 1.82) is 0 Å². The Morgan fingerprint density at radius 3 is 2.93 bits per heavy atom. The highest BCUT2D eigenvalue weighted by Gasteiger charge is 2.31. The third-order valence-corrected chi connectivity index (χ3v) is 4.56. The molecule has 1 saturated heterocycles. The number of nitrogens with one attached hydrogen (secondary N) is 1. The minimum absolute atomic E-state index is 0.664. The van der Waals surface area contributed by atoms with E-state index < -0.39 is 0 Å². The molecule has 0 spiro atoms. The second-order valence-corrected chi connectivity index (χ2v) is 5.66. The summed E-state index contributed by atoms with van der Waals surface area (Å²) in [5.74, 6) is 0.769. The maximum absolute atomic E-state index is 3.86. The minimum Gasteiger partial charge on any atom is -0.305 e. The molecule has 2 aliphatic rings. The minimum atomic E-state index is 0.664. The van der Waals surface area contributed by atoms with E-state index in [0.717, 1.165) is 24.1 Å². The van der Waals surface area contributed by atoms with E-state index >= 15 is 0 Å². The first kappa shape index (κ1) is 11.3. The molecule has 1 aliphatic carbocycles. The van der Waals surface area contributed by atoms with Crippen LogP contribution in [0.5, 0.6) is 0 Å². The normalized spacial score (nSPS) is 33.3. The molecular weight excluding hydrogens is 202 g/mol. The van der Waals surface area contributed by atoms with Crippen molar-refractivity contribution in [2.75, 3.05) is 6.54 Å². The van der Waals surface area contributed by atoms with Crippen LogP contribution in [0.25, 0.3) is 0 Å². The third kappa shape index (κ3) is 3.12. The zero-order valence-corrected chi connectivity index (χ0v) is 10.0. The van der Waals surface area contributed by atoms with Crippen LogP contribution in [-0.2, 0) is 0 Å². The first-order valence-corrected chi connectivity index (χ1v) is 6.87. The lowest BCUT2D eigenvalue weighted by Gasteiger charge is -2.12. The van der Waals surface area contributed by atoms with Crippen LogP contribution < -0.4 is 5.32 Å². The zero-order chi connectivity index (χ0) is 10.5. The second kappa shape index (κ2) is 5.76. The largest absolute Gasteiger partial charge is 0.305 e. The molecule has 0 bridgehead atoms. The summed E-state index contributed by atoms with van der Waals surface area (Å²) in [5, 5.41) is 5.03. The number of hydrogen-bond acceptors (Lipinski definition) is 2. The number of allylic oxidation sites excluding steroid dienone is 3. The van der Waals surface area contributed by atoms with Crippen LogP contribution in [0.15, 0.2) is 24.3 Å². The number of hydrogen-bond donors (Lipinski definition) is 1. The van der Waals surface area contributed by atoms with Gasteiger partial charge in [-0.05, 0) is 25.3 Å². The molecule has 0 aromatic rings. The van der Waals surface area contributed by atoms with Gasteiger partial charge >= 0.3 is 0 Å². The van der Waals surface area contributed by atoms with E-state index in [2.05, 4.69) is 48.3 Å². The van der Waals surface area contributed by atoms with Gasteiger partial charge in [0.15, 0.2) is 0 Å². The van der Waals surface area contributed by atoms with E-state index in [1.807, 2.05) is 0 Å². The quantitative estimate of drug-likeness (QED) is 0.717. The Morgan fingerprint density at radius 2 is 2.13 bits per heavy atom. The molecule has 3 atom stereocenters. The molecule has 1 aliphatic heterocycles. The molecule has 1 nitrogen and oxygen atoms in total. The lowest BCUT2D eigenvalue weighted by molar-refractivity contribution is 0.542. The van der Waals surface area contributed by atoms with E-state index in [9.17, 15) is 0 Å². The summed E-state index contributed by atoms with van der Waals surface area (Å²) in [7, 11) is 0. The van der Waals surface area contributed by atoms with Crippen LogP contribution in [-0.4, -0.2) is 17.2 Å². The Bertz CT molecular complexity index is 227. The SMILES string of the molecule is [CH2]CCCCNC1CC2C=CC=CC2S1. The standard InChI is InChI=1S/C13H20NS/c1-2-3-6-9-14-13-10-11-7-4-5-8-12(11)15-13/h4-5,7-8,11-14H,1-3,6,9-10H2. The first-order valence-electron chi connectivity index (χ1n) is 5.93. The molecular formula is C13H20NS. The third-order valence-electron chi connectivity index (χ3n) is 3.05. The monoisotopic (exact) mass is 222 g/mol. The van der Waals surface area contributed by atoms with Gasteiger partial charge in [-0.15, -0.1) is 11.8 Å². The Labute approximate surface area is 97.4 Å². The van der Waals surface area contributed by atoms with E-state index in [4.69, 9.17) is 0 Å². The van der Waals surface area contributed by atoms with Crippen molar-refractivity contribution in [2.45, 2.75) is 36.3 Å². The summed E-state index contributed by atoms with van der Waals surface area (Å²) in [6.45, 7) is 5.02. The van der Waals surface area contributed by atoms with Gasteiger partial charge in [0, 0.05) is 5.25 Å². The highest BCUT2D eigenvalue weighted by molar-refractivity contribution is 8.00. The fourth-order valence-electron chi connectivity index (χ4n) is 2.18. The smallest absolute Gasteiger partial charge is 0.0544 e. The molecule has 0 aromatic heterocycles. The van der Waals surface area contributed by atoms with Gasteiger partial charge in [0.2, 0.25) is 0 Å². The molecule has 2 rings (SSSR count). The van der Waals surface area contributed by atoms with Crippen molar-refractivity contribution >= 4 is 11.8 Å². The molecule has 0 aromatic carbocycles. The Morgan fingerprint density at radius 1 is 1.27 bits per heavy atom. The van der Waals surface area contributed by atoms with E-state index in [1.54, 1.807) is 0 Å². The highest BCUT2D eigenvalue weighted by atomic mass is 32.2. The molecule has 2 heteroatoms. The summed E-state index contributed by atoms with van der Waals surface area (Å²) < 4.78 is 0. The molecule has 3 unspecified atom stereocenters. The molecule has 1 radical (unpaired) electrons. The number of fused-ring (bicyclic) bond motifs is 1. The second-order valence-electron chi connectivity index (χ2n) is 4.27. The topological polar surface area (TPSA) is 12.0 Å². The number of unbranched alkanes of at least 4 members (excludes halogenated alkanes) is 2. The molecule has 83 valence electrons. The summed E-state index contributed by atoms with van der Waals surface area (Å²) >= 11 is 2.09. The lowest BCUT2D eigenvalue weighted by atomic mass is 9.97. The van der Waals surface area contributed by atoms with Crippen molar-refractivity contribution < 1.29 is 0 Å². The fourth-order valence-corrected chi connectivity index (χ4v) is 3.69. The fraction of sp³-hybridized carbons (Fsp3) is 0.615. The zero-order valence-electron chi connectivity index (χ0n) is 9.19. The van der Waals surface area contributed by atoms with Crippen molar-refractivity contribution in [3.8, 4) is 0 Å². The van der Waals surface area contributed by atoms with Crippen LogP contribution in [0.2, 0.25) is 0 Å². The number of rotatable bonds is 5. The summed E-state index contributed by atoms with van der Waals surface area (Å²) in [5.41, 5.74) is 0. The number of thioether (sulfide) groups is 1. The van der Waals surface area contributed by atoms with Crippen molar-refractivity contribution in [3.05, 3.63) is 31.2 Å². The molecule has 1 heterocycles. The van der Waals surface area contributed by atoms with Gasteiger partial charge in [-0.1, -0.05) is 44.1 Å². The predicted octanol–water partition coefficient (Wildman–Crippen LogP) is 3.15. The van der Waals surface area contributed by atoms with Crippen molar-refractivity contribution in [1.82, 2.24) is 5.32 Å². The Hall–Kier alpha value is -0.210. The van der Waals surface area contributed by atoms with E-state index in [-0.39, 0.29) is 0 Å².